The number of nitrogens with zero attached hydrogens (tertiary/aromatic N) is 1. The largest absolute Gasteiger partial charge is 0.483 e. The molecule has 1 N–H and O–H groups in total. The highest BCUT2D eigenvalue weighted by molar-refractivity contribution is 5.46. The Balaban J connectivity index is 2.06. The van der Waals surface area contributed by atoms with Crippen LogP contribution in [0.2, 0.25) is 0 Å². The second kappa shape index (κ2) is 5.97. The Kier molecular flexibility index (Phi) is 4.31. The smallest absolute Gasteiger partial charge is 0.311 e. The van der Waals surface area contributed by atoms with Gasteiger partial charge in [0.15, 0.2) is 5.75 Å². The monoisotopic (exact) mass is 268 g/mol. The summed E-state index contributed by atoms with van der Waals surface area (Å²) in [5.74, 6) is -0.498. The van der Waals surface area contributed by atoms with Crippen LogP contribution in [0.5, 0.6) is 5.75 Å². The fourth-order valence-electron chi connectivity index (χ4n) is 2.38. The summed E-state index contributed by atoms with van der Waals surface area (Å²) < 4.78 is 18.8. The summed E-state index contributed by atoms with van der Waals surface area (Å²) in [5.41, 5.74) is -0.183. The van der Waals surface area contributed by atoms with E-state index in [0.717, 1.165) is 43.9 Å². The summed E-state index contributed by atoms with van der Waals surface area (Å²) in [5, 5.41) is 14.1. The molecule has 0 amide bonds. The van der Waals surface area contributed by atoms with Gasteiger partial charge in [-0.05, 0) is 38.8 Å². The molecule has 0 aliphatic heterocycles. The Labute approximate surface area is 110 Å². The molecule has 104 valence electrons. The van der Waals surface area contributed by atoms with Crippen molar-refractivity contribution in [2.75, 3.05) is 7.05 Å². The van der Waals surface area contributed by atoms with Gasteiger partial charge >= 0.3 is 5.69 Å². The standard InChI is InChI=1S/C13H17FN2O3/c1-15-10-3-5-11(6-4-10)19-13-8-9(14)2-7-12(13)16(17)18/h2,7-8,10-11,15H,3-6H2,1H3. The minimum atomic E-state index is -0.548. The van der Waals surface area contributed by atoms with E-state index >= 15 is 0 Å². The average molecular weight is 268 g/mol. The first-order chi connectivity index (χ1) is 9.10. The van der Waals surface area contributed by atoms with Crippen molar-refractivity contribution in [3.8, 4) is 5.75 Å². The summed E-state index contributed by atoms with van der Waals surface area (Å²) in [6.07, 6.45) is 3.48. The lowest BCUT2D eigenvalue weighted by atomic mass is 9.93. The second-order valence-corrected chi connectivity index (χ2v) is 4.75. The first-order valence-electron chi connectivity index (χ1n) is 6.38. The Morgan fingerprint density at radius 3 is 2.63 bits per heavy atom. The highest BCUT2D eigenvalue weighted by Gasteiger charge is 2.24. The SMILES string of the molecule is CNC1CCC(Oc2cc(F)ccc2[N+](=O)[O-])CC1. The summed E-state index contributed by atoms with van der Waals surface area (Å²) in [4.78, 5) is 10.3. The third-order valence-electron chi connectivity index (χ3n) is 3.49. The van der Waals surface area contributed by atoms with E-state index in [1.165, 1.54) is 0 Å². The van der Waals surface area contributed by atoms with Crippen molar-refractivity contribution in [3.05, 3.63) is 34.1 Å². The van der Waals surface area contributed by atoms with Gasteiger partial charge in [-0.2, -0.15) is 0 Å². The number of ether oxygens (including phenoxy) is 1. The summed E-state index contributed by atoms with van der Waals surface area (Å²) in [6.45, 7) is 0. The third kappa shape index (κ3) is 3.41. The van der Waals surface area contributed by atoms with Gasteiger partial charge in [-0.15, -0.1) is 0 Å². The predicted octanol–water partition coefficient (Wildman–Crippen LogP) is 2.64. The molecule has 0 unspecified atom stereocenters. The molecular formula is C13H17FN2O3. The fraction of sp³-hybridized carbons (Fsp3) is 0.538. The quantitative estimate of drug-likeness (QED) is 0.673. The lowest BCUT2D eigenvalue weighted by Crippen LogP contribution is -2.34. The van der Waals surface area contributed by atoms with Gasteiger partial charge < -0.3 is 10.1 Å². The van der Waals surface area contributed by atoms with Crippen LogP contribution in [0, 0.1) is 15.9 Å². The van der Waals surface area contributed by atoms with E-state index in [4.69, 9.17) is 4.74 Å². The minimum Gasteiger partial charge on any atom is -0.483 e. The van der Waals surface area contributed by atoms with Crippen LogP contribution >= 0.6 is 0 Å². The molecule has 1 saturated carbocycles. The maximum Gasteiger partial charge on any atom is 0.311 e. The molecule has 0 aromatic heterocycles. The van der Waals surface area contributed by atoms with Crippen LogP contribution in [0.15, 0.2) is 18.2 Å². The van der Waals surface area contributed by atoms with Crippen LogP contribution in [0.3, 0.4) is 0 Å². The number of nitrogens with one attached hydrogen (secondary N) is 1. The topological polar surface area (TPSA) is 64.4 Å². The van der Waals surface area contributed by atoms with Gasteiger partial charge in [0.2, 0.25) is 0 Å². The highest BCUT2D eigenvalue weighted by Crippen LogP contribution is 2.31. The van der Waals surface area contributed by atoms with E-state index in [-0.39, 0.29) is 17.5 Å². The molecule has 1 aliphatic rings. The van der Waals surface area contributed by atoms with Crippen LogP contribution in [0.1, 0.15) is 25.7 Å². The summed E-state index contributed by atoms with van der Waals surface area (Å²) >= 11 is 0. The minimum absolute atomic E-state index is 0.0258. The molecule has 19 heavy (non-hydrogen) atoms. The van der Waals surface area contributed by atoms with Crippen LogP contribution in [-0.2, 0) is 0 Å². The molecule has 1 aromatic rings. The first-order valence-corrected chi connectivity index (χ1v) is 6.38. The Morgan fingerprint density at radius 1 is 1.37 bits per heavy atom. The molecule has 0 bridgehead atoms. The molecule has 0 radical (unpaired) electrons. The average Bonchev–Trinajstić information content (AvgIpc) is 2.39. The number of nitro groups is 1. The molecular weight excluding hydrogens is 251 g/mol. The number of nitro benzene ring substituents is 1. The van der Waals surface area contributed by atoms with Crippen molar-refractivity contribution >= 4 is 5.69 Å². The van der Waals surface area contributed by atoms with Crippen molar-refractivity contribution in [2.45, 2.75) is 37.8 Å². The molecule has 0 heterocycles. The third-order valence-corrected chi connectivity index (χ3v) is 3.49. The van der Waals surface area contributed by atoms with E-state index in [0.29, 0.717) is 6.04 Å². The maximum absolute atomic E-state index is 13.2. The zero-order valence-corrected chi connectivity index (χ0v) is 10.8. The van der Waals surface area contributed by atoms with E-state index in [1.807, 2.05) is 7.05 Å². The highest BCUT2D eigenvalue weighted by atomic mass is 19.1. The molecule has 1 aromatic carbocycles. The molecule has 1 fully saturated rings. The summed E-state index contributed by atoms with van der Waals surface area (Å²) in [7, 11) is 1.92. The lowest BCUT2D eigenvalue weighted by molar-refractivity contribution is -0.386. The Hall–Kier alpha value is -1.69. The number of hydrogen-bond donors (Lipinski definition) is 1. The molecule has 5 nitrogen and oxygen atoms in total. The molecule has 0 spiro atoms. The van der Waals surface area contributed by atoms with Gasteiger partial charge in [-0.1, -0.05) is 0 Å². The van der Waals surface area contributed by atoms with Crippen molar-refractivity contribution in [3.63, 3.8) is 0 Å². The van der Waals surface area contributed by atoms with Gasteiger partial charge in [0, 0.05) is 18.2 Å². The number of rotatable bonds is 4. The zero-order valence-electron chi connectivity index (χ0n) is 10.8. The number of hydrogen-bond acceptors (Lipinski definition) is 4. The number of benzene rings is 1. The van der Waals surface area contributed by atoms with E-state index in [9.17, 15) is 14.5 Å². The van der Waals surface area contributed by atoms with E-state index < -0.39 is 10.7 Å². The zero-order chi connectivity index (χ0) is 13.8. The van der Waals surface area contributed by atoms with Crippen molar-refractivity contribution in [1.29, 1.82) is 0 Å². The van der Waals surface area contributed by atoms with Gasteiger partial charge in [-0.25, -0.2) is 4.39 Å². The molecule has 0 atom stereocenters. The van der Waals surface area contributed by atoms with Gasteiger partial charge in [0.1, 0.15) is 5.82 Å². The normalized spacial score (nSPS) is 23.1. The molecule has 2 rings (SSSR count). The predicted molar refractivity (Wildman–Crippen MR) is 68.8 cm³/mol. The van der Waals surface area contributed by atoms with Gasteiger partial charge in [0.05, 0.1) is 11.0 Å². The molecule has 0 saturated heterocycles. The van der Waals surface area contributed by atoms with Crippen LogP contribution in [0.4, 0.5) is 10.1 Å². The van der Waals surface area contributed by atoms with Crippen molar-refractivity contribution in [1.82, 2.24) is 5.32 Å². The van der Waals surface area contributed by atoms with Crippen molar-refractivity contribution in [2.24, 2.45) is 0 Å². The van der Waals surface area contributed by atoms with Crippen LogP contribution in [-0.4, -0.2) is 24.1 Å². The Morgan fingerprint density at radius 2 is 2.05 bits per heavy atom. The fourth-order valence-corrected chi connectivity index (χ4v) is 2.38. The van der Waals surface area contributed by atoms with Crippen LogP contribution < -0.4 is 10.1 Å². The van der Waals surface area contributed by atoms with E-state index in [2.05, 4.69) is 5.32 Å². The lowest BCUT2D eigenvalue weighted by Gasteiger charge is -2.28. The van der Waals surface area contributed by atoms with Gasteiger partial charge in [-0.3, -0.25) is 10.1 Å². The number of halogens is 1. The summed E-state index contributed by atoms with van der Waals surface area (Å²) in [6, 6.07) is 3.78. The Bertz CT molecular complexity index is 459. The molecule has 6 heteroatoms. The van der Waals surface area contributed by atoms with E-state index in [1.54, 1.807) is 0 Å². The van der Waals surface area contributed by atoms with Gasteiger partial charge in [0.25, 0.3) is 0 Å². The second-order valence-electron chi connectivity index (χ2n) is 4.75. The molecule has 1 aliphatic carbocycles. The first kappa shape index (κ1) is 13.7. The van der Waals surface area contributed by atoms with Crippen LogP contribution in [0.25, 0.3) is 0 Å². The maximum atomic E-state index is 13.2. The van der Waals surface area contributed by atoms with Crippen molar-refractivity contribution < 1.29 is 14.1 Å².